The second-order valence-corrected chi connectivity index (χ2v) is 11.9. The predicted molar refractivity (Wildman–Crippen MR) is 142 cm³/mol. The number of nitrogens with zero attached hydrogens (tertiary/aromatic N) is 4. The number of ether oxygens (including phenoxy) is 1. The molecule has 3 heterocycles. The van der Waals surface area contributed by atoms with Crippen molar-refractivity contribution >= 4 is 44.8 Å². The summed E-state index contributed by atoms with van der Waals surface area (Å²) in [4.78, 5) is 31.4. The molecule has 0 saturated carbocycles. The number of anilines is 2. The molecule has 5 rings (SSSR count). The highest BCUT2D eigenvalue weighted by molar-refractivity contribution is 7.89. The second kappa shape index (κ2) is 10.9. The van der Waals surface area contributed by atoms with Crippen molar-refractivity contribution in [3.8, 4) is 5.75 Å². The summed E-state index contributed by atoms with van der Waals surface area (Å²) < 4.78 is 33.8. The highest BCUT2D eigenvalue weighted by atomic mass is 35.5. The number of hydrogen-bond acceptors (Lipinski definition) is 6. The molecule has 3 aliphatic heterocycles. The fourth-order valence-electron chi connectivity index (χ4n) is 5.07. The van der Waals surface area contributed by atoms with Gasteiger partial charge in [0, 0.05) is 50.0 Å². The predicted octanol–water partition coefficient (Wildman–Crippen LogP) is 2.98. The van der Waals surface area contributed by atoms with Crippen LogP contribution < -0.4 is 14.5 Å². The molecule has 2 aromatic rings. The molecule has 0 radical (unpaired) electrons. The number of benzene rings is 2. The fourth-order valence-corrected chi connectivity index (χ4v) is 6.79. The third-order valence-corrected chi connectivity index (χ3v) is 9.31. The van der Waals surface area contributed by atoms with Crippen molar-refractivity contribution in [2.24, 2.45) is 0 Å². The van der Waals surface area contributed by atoms with Gasteiger partial charge in [-0.05, 0) is 49.2 Å². The summed E-state index contributed by atoms with van der Waals surface area (Å²) in [5, 5.41) is 0.665. The van der Waals surface area contributed by atoms with Crippen LogP contribution in [0.15, 0.2) is 47.4 Å². The van der Waals surface area contributed by atoms with Crippen LogP contribution in [0.4, 0.5) is 11.4 Å². The van der Waals surface area contributed by atoms with Crippen molar-refractivity contribution in [2.75, 3.05) is 62.2 Å². The molecule has 37 heavy (non-hydrogen) atoms. The molecule has 2 aromatic carbocycles. The molecule has 0 aliphatic carbocycles. The lowest BCUT2D eigenvalue weighted by Crippen LogP contribution is -2.53. The van der Waals surface area contributed by atoms with Crippen molar-refractivity contribution in [1.29, 1.82) is 0 Å². The molecule has 0 unspecified atom stereocenters. The van der Waals surface area contributed by atoms with E-state index < -0.39 is 10.0 Å². The molecule has 0 aromatic heterocycles. The van der Waals surface area contributed by atoms with E-state index in [2.05, 4.69) is 4.90 Å². The third-order valence-electron chi connectivity index (χ3n) is 7.18. The summed E-state index contributed by atoms with van der Waals surface area (Å²) in [6.07, 6.45) is 3.69. The van der Waals surface area contributed by atoms with Gasteiger partial charge in [-0.1, -0.05) is 30.5 Å². The van der Waals surface area contributed by atoms with Gasteiger partial charge in [-0.15, -0.1) is 0 Å². The molecule has 2 saturated heterocycles. The standard InChI is InChI=1S/C26H31ClN4O5S/c27-20-6-5-7-21(16-20)28-12-14-29(15-13-28)25(32)18-31-23-17-22(8-9-24(23)36-19-26(31)33)37(34,35)30-10-3-1-2-4-11-30/h5-9,16-17H,1-4,10-15,18-19H2. The molecular weight excluding hydrogens is 516 g/mol. The Kier molecular flexibility index (Phi) is 7.60. The summed E-state index contributed by atoms with van der Waals surface area (Å²) in [5.41, 5.74) is 1.33. The average Bonchev–Trinajstić information content (AvgIpc) is 3.20. The minimum Gasteiger partial charge on any atom is -0.482 e. The molecule has 3 aliphatic rings. The molecule has 0 N–H and O–H groups in total. The van der Waals surface area contributed by atoms with Crippen LogP contribution >= 0.6 is 11.6 Å². The maximum atomic E-state index is 13.3. The van der Waals surface area contributed by atoms with Crippen LogP contribution in [-0.4, -0.2) is 81.9 Å². The number of amides is 2. The van der Waals surface area contributed by atoms with Gasteiger partial charge in [-0.2, -0.15) is 4.31 Å². The number of sulfonamides is 1. The average molecular weight is 547 g/mol. The van der Waals surface area contributed by atoms with Crippen LogP contribution in [0, 0.1) is 0 Å². The summed E-state index contributed by atoms with van der Waals surface area (Å²) in [6, 6.07) is 12.2. The Morgan fingerprint density at radius 3 is 2.35 bits per heavy atom. The van der Waals surface area contributed by atoms with Gasteiger partial charge in [-0.3, -0.25) is 14.5 Å². The third kappa shape index (κ3) is 5.56. The van der Waals surface area contributed by atoms with Gasteiger partial charge in [0.1, 0.15) is 12.3 Å². The minimum atomic E-state index is -3.71. The molecule has 0 spiro atoms. The maximum absolute atomic E-state index is 13.3. The SMILES string of the molecule is O=C(CN1C(=O)COc2ccc(S(=O)(=O)N3CCCCCC3)cc21)N1CCN(c2cccc(Cl)c2)CC1. The van der Waals surface area contributed by atoms with Crippen molar-refractivity contribution in [3.63, 3.8) is 0 Å². The Morgan fingerprint density at radius 1 is 0.919 bits per heavy atom. The quantitative estimate of drug-likeness (QED) is 0.573. The Hall–Kier alpha value is -2.82. The van der Waals surface area contributed by atoms with Crippen LogP contribution in [-0.2, 0) is 19.6 Å². The van der Waals surface area contributed by atoms with Crippen molar-refractivity contribution < 1.29 is 22.7 Å². The molecule has 0 atom stereocenters. The van der Waals surface area contributed by atoms with Gasteiger partial charge >= 0.3 is 0 Å². The smallest absolute Gasteiger partial charge is 0.265 e. The molecule has 11 heteroatoms. The number of fused-ring (bicyclic) bond motifs is 1. The zero-order valence-electron chi connectivity index (χ0n) is 20.6. The zero-order chi connectivity index (χ0) is 26.0. The first-order valence-electron chi connectivity index (χ1n) is 12.7. The molecule has 2 amide bonds. The summed E-state index contributed by atoms with van der Waals surface area (Å²) in [7, 11) is -3.71. The van der Waals surface area contributed by atoms with E-state index in [9.17, 15) is 18.0 Å². The van der Waals surface area contributed by atoms with E-state index in [0.29, 0.717) is 55.7 Å². The van der Waals surface area contributed by atoms with Crippen LogP contribution in [0.1, 0.15) is 25.7 Å². The summed E-state index contributed by atoms with van der Waals surface area (Å²) in [6.45, 7) is 2.94. The van der Waals surface area contributed by atoms with Gasteiger partial charge in [0.2, 0.25) is 15.9 Å². The lowest BCUT2D eigenvalue weighted by molar-refractivity contribution is -0.132. The summed E-state index contributed by atoms with van der Waals surface area (Å²) >= 11 is 6.12. The number of carbonyl (C=O) groups excluding carboxylic acids is 2. The highest BCUT2D eigenvalue weighted by Crippen LogP contribution is 2.35. The van der Waals surface area contributed by atoms with Gasteiger partial charge in [0.05, 0.1) is 10.6 Å². The molecule has 198 valence electrons. The van der Waals surface area contributed by atoms with Gasteiger partial charge in [0.15, 0.2) is 6.61 Å². The Labute approximate surface area is 222 Å². The van der Waals surface area contributed by atoms with Crippen LogP contribution in [0.5, 0.6) is 5.75 Å². The van der Waals surface area contributed by atoms with E-state index >= 15 is 0 Å². The largest absolute Gasteiger partial charge is 0.482 e. The number of halogens is 1. The lowest BCUT2D eigenvalue weighted by atomic mass is 10.2. The van der Waals surface area contributed by atoms with Crippen LogP contribution in [0.2, 0.25) is 5.02 Å². The van der Waals surface area contributed by atoms with Crippen LogP contribution in [0.3, 0.4) is 0 Å². The highest BCUT2D eigenvalue weighted by Gasteiger charge is 2.33. The molecule has 0 bridgehead atoms. The molecule has 2 fully saturated rings. The Morgan fingerprint density at radius 2 is 1.65 bits per heavy atom. The first kappa shape index (κ1) is 25.8. The van der Waals surface area contributed by atoms with E-state index in [0.717, 1.165) is 31.4 Å². The summed E-state index contributed by atoms with van der Waals surface area (Å²) in [5.74, 6) is -0.163. The first-order chi connectivity index (χ1) is 17.8. The number of rotatable bonds is 5. The van der Waals surface area contributed by atoms with Gasteiger partial charge in [-0.25, -0.2) is 8.42 Å². The zero-order valence-corrected chi connectivity index (χ0v) is 22.2. The van der Waals surface area contributed by atoms with Crippen LogP contribution in [0.25, 0.3) is 0 Å². The van der Waals surface area contributed by atoms with Gasteiger partial charge < -0.3 is 14.5 Å². The molecule has 9 nitrogen and oxygen atoms in total. The maximum Gasteiger partial charge on any atom is 0.265 e. The van der Waals surface area contributed by atoms with Gasteiger partial charge in [0.25, 0.3) is 5.91 Å². The second-order valence-electron chi connectivity index (χ2n) is 9.56. The number of hydrogen-bond donors (Lipinski definition) is 0. The van der Waals surface area contributed by atoms with Crippen molar-refractivity contribution in [2.45, 2.75) is 30.6 Å². The fraction of sp³-hybridized carbons (Fsp3) is 0.462. The topological polar surface area (TPSA) is 90.5 Å². The van der Waals surface area contributed by atoms with E-state index in [1.165, 1.54) is 21.3 Å². The molecular formula is C26H31ClN4O5S. The minimum absolute atomic E-state index is 0.110. The Balaban J connectivity index is 1.30. The monoisotopic (exact) mass is 546 g/mol. The number of carbonyl (C=O) groups is 2. The van der Waals surface area contributed by atoms with E-state index in [1.54, 1.807) is 11.0 Å². The van der Waals surface area contributed by atoms with E-state index in [-0.39, 0.29) is 29.9 Å². The Bertz CT molecular complexity index is 1270. The number of piperazine rings is 1. The first-order valence-corrected chi connectivity index (χ1v) is 14.5. The van der Waals surface area contributed by atoms with E-state index in [1.807, 2.05) is 24.3 Å². The lowest BCUT2D eigenvalue weighted by Gasteiger charge is -2.37. The van der Waals surface area contributed by atoms with Crippen molar-refractivity contribution in [3.05, 3.63) is 47.5 Å². The van der Waals surface area contributed by atoms with E-state index in [4.69, 9.17) is 16.3 Å². The van der Waals surface area contributed by atoms with Crippen molar-refractivity contribution in [1.82, 2.24) is 9.21 Å². The normalized spacial score (nSPS) is 19.3.